The highest BCUT2D eigenvalue weighted by Crippen LogP contribution is 2.43. The molecule has 1 atom stereocenters. The maximum absolute atomic E-state index is 9.57. The van der Waals surface area contributed by atoms with Crippen molar-refractivity contribution < 1.29 is 5.11 Å². The van der Waals surface area contributed by atoms with Crippen molar-refractivity contribution in [3.8, 4) is 12.3 Å². The molecule has 0 radical (unpaired) electrons. The Labute approximate surface area is 68.8 Å². The number of aliphatic hydroxyl groups excluding tert-OH is 1. The molecule has 0 heterocycles. The molecular weight excluding hydrogens is 136 g/mol. The van der Waals surface area contributed by atoms with E-state index in [2.05, 4.69) is 12.8 Å². The van der Waals surface area contributed by atoms with E-state index in [1.165, 1.54) is 12.8 Å². The first-order valence-corrected chi connectivity index (χ1v) is 4.39. The molecule has 0 spiro atoms. The first kappa shape index (κ1) is 8.62. The second-order valence-electron chi connectivity index (χ2n) is 3.49. The quantitative estimate of drug-likeness (QED) is 0.600. The van der Waals surface area contributed by atoms with Gasteiger partial charge in [0.1, 0.15) is 6.10 Å². The molecule has 1 saturated carbocycles. The van der Waals surface area contributed by atoms with Crippen molar-refractivity contribution in [3.05, 3.63) is 0 Å². The third kappa shape index (κ3) is 1.41. The maximum atomic E-state index is 9.57. The summed E-state index contributed by atoms with van der Waals surface area (Å²) in [6.07, 6.45) is 10.4. The Morgan fingerprint density at radius 2 is 2.09 bits per heavy atom. The van der Waals surface area contributed by atoms with Crippen LogP contribution in [0, 0.1) is 17.8 Å². The number of hydrogen-bond donors (Lipinski definition) is 1. The smallest absolute Gasteiger partial charge is 0.120 e. The minimum atomic E-state index is -0.519. The lowest BCUT2D eigenvalue weighted by molar-refractivity contribution is 0.0702. The topological polar surface area (TPSA) is 20.2 Å². The van der Waals surface area contributed by atoms with Crippen molar-refractivity contribution >= 4 is 0 Å². The van der Waals surface area contributed by atoms with Gasteiger partial charge in [0.15, 0.2) is 0 Å². The molecule has 0 aromatic heterocycles. The summed E-state index contributed by atoms with van der Waals surface area (Å²) in [5, 5.41) is 9.57. The van der Waals surface area contributed by atoms with Gasteiger partial charge in [0.2, 0.25) is 0 Å². The van der Waals surface area contributed by atoms with E-state index in [9.17, 15) is 5.11 Å². The SMILES string of the molecule is C#CC(O)C1(CC)CCCC1. The summed E-state index contributed by atoms with van der Waals surface area (Å²) in [5.74, 6) is 2.45. The van der Waals surface area contributed by atoms with Crippen LogP contribution in [0.15, 0.2) is 0 Å². The average molecular weight is 152 g/mol. The van der Waals surface area contributed by atoms with Crippen LogP contribution in [0.5, 0.6) is 0 Å². The van der Waals surface area contributed by atoms with E-state index in [-0.39, 0.29) is 5.41 Å². The van der Waals surface area contributed by atoms with Crippen LogP contribution in [0.25, 0.3) is 0 Å². The molecule has 0 bridgehead atoms. The van der Waals surface area contributed by atoms with E-state index in [0.717, 1.165) is 19.3 Å². The van der Waals surface area contributed by atoms with Gasteiger partial charge < -0.3 is 5.11 Å². The molecule has 1 rings (SSSR count). The molecule has 0 aromatic carbocycles. The fourth-order valence-corrected chi connectivity index (χ4v) is 2.08. The van der Waals surface area contributed by atoms with Crippen LogP contribution in [-0.4, -0.2) is 11.2 Å². The van der Waals surface area contributed by atoms with Gasteiger partial charge >= 0.3 is 0 Å². The third-order valence-electron chi connectivity index (χ3n) is 3.04. The Morgan fingerprint density at radius 1 is 1.55 bits per heavy atom. The van der Waals surface area contributed by atoms with Gasteiger partial charge in [-0.15, -0.1) is 6.42 Å². The molecule has 0 aliphatic heterocycles. The molecule has 0 amide bonds. The van der Waals surface area contributed by atoms with Crippen molar-refractivity contribution in [3.63, 3.8) is 0 Å². The predicted octanol–water partition coefficient (Wildman–Crippen LogP) is 1.95. The molecule has 11 heavy (non-hydrogen) atoms. The molecule has 0 saturated heterocycles. The highest BCUT2D eigenvalue weighted by molar-refractivity contribution is 5.05. The summed E-state index contributed by atoms with van der Waals surface area (Å²) < 4.78 is 0. The van der Waals surface area contributed by atoms with Crippen molar-refractivity contribution in [1.29, 1.82) is 0 Å². The van der Waals surface area contributed by atoms with E-state index in [0.29, 0.717) is 0 Å². The van der Waals surface area contributed by atoms with Crippen molar-refractivity contribution in [1.82, 2.24) is 0 Å². The van der Waals surface area contributed by atoms with Gasteiger partial charge in [-0.05, 0) is 19.3 Å². The lowest BCUT2D eigenvalue weighted by atomic mass is 9.78. The second kappa shape index (κ2) is 3.28. The first-order valence-electron chi connectivity index (χ1n) is 4.39. The predicted molar refractivity (Wildman–Crippen MR) is 46.0 cm³/mol. The fraction of sp³-hybridized carbons (Fsp3) is 0.800. The molecule has 1 fully saturated rings. The van der Waals surface area contributed by atoms with Crippen LogP contribution in [0.1, 0.15) is 39.0 Å². The molecule has 1 unspecified atom stereocenters. The minimum Gasteiger partial charge on any atom is -0.380 e. The summed E-state index contributed by atoms with van der Waals surface area (Å²) in [5.41, 5.74) is 0.0642. The van der Waals surface area contributed by atoms with Crippen molar-refractivity contribution in [2.24, 2.45) is 5.41 Å². The minimum absolute atomic E-state index is 0.0642. The monoisotopic (exact) mass is 152 g/mol. The molecule has 1 N–H and O–H groups in total. The molecule has 1 aliphatic rings. The van der Waals surface area contributed by atoms with E-state index in [1.54, 1.807) is 0 Å². The zero-order chi connectivity index (χ0) is 8.32. The summed E-state index contributed by atoms with van der Waals surface area (Å²) >= 11 is 0. The number of hydrogen-bond acceptors (Lipinski definition) is 1. The van der Waals surface area contributed by atoms with Gasteiger partial charge in [0, 0.05) is 5.41 Å². The van der Waals surface area contributed by atoms with E-state index in [1.807, 2.05) is 0 Å². The van der Waals surface area contributed by atoms with Gasteiger partial charge in [-0.2, -0.15) is 0 Å². The molecule has 1 nitrogen and oxygen atoms in total. The van der Waals surface area contributed by atoms with Crippen molar-refractivity contribution in [2.45, 2.75) is 45.1 Å². The Kier molecular flexibility index (Phi) is 2.57. The van der Waals surface area contributed by atoms with Crippen LogP contribution in [0.2, 0.25) is 0 Å². The summed E-state index contributed by atoms with van der Waals surface area (Å²) in [6.45, 7) is 2.12. The van der Waals surface area contributed by atoms with Crippen LogP contribution < -0.4 is 0 Å². The molecule has 1 aliphatic carbocycles. The van der Waals surface area contributed by atoms with Gasteiger partial charge in [0.25, 0.3) is 0 Å². The Balaban J connectivity index is 2.68. The van der Waals surface area contributed by atoms with Gasteiger partial charge in [-0.25, -0.2) is 0 Å². The van der Waals surface area contributed by atoms with E-state index < -0.39 is 6.10 Å². The average Bonchev–Trinajstić information content (AvgIpc) is 2.52. The normalized spacial score (nSPS) is 24.5. The van der Waals surface area contributed by atoms with Crippen LogP contribution in [-0.2, 0) is 0 Å². The molecule has 0 aromatic rings. The van der Waals surface area contributed by atoms with E-state index in [4.69, 9.17) is 6.42 Å². The highest BCUT2D eigenvalue weighted by atomic mass is 16.3. The van der Waals surface area contributed by atoms with E-state index >= 15 is 0 Å². The summed E-state index contributed by atoms with van der Waals surface area (Å²) in [4.78, 5) is 0. The lowest BCUT2D eigenvalue weighted by Crippen LogP contribution is -2.30. The molecular formula is C10H16O. The number of rotatable bonds is 2. The number of aliphatic hydroxyl groups is 1. The third-order valence-corrected chi connectivity index (χ3v) is 3.04. The van der Waals surface area contributed by atoms with Gasteiger partial charge in [0.05, 0.1) is 0 Å². The first-order chi connectivity index (χ1) is 5.25. The van der Waals surface area contributed by atoms with Gasteiger partial charge in [-0.3, -0.25) is 0 Å². The van der Waals surface area contributed by atoms with Crippen LogP contribution in [0.3, 0.4) is 0 Å². The second-order valence-corrected chi connectivity index (χ2v) is 3.49. The standard InChI is InChI=1S/C10H16O/c1-3-9(11)10(4-2)7-5-6-8-10/h1,9,11H,4-8H2,2H3. The maximum Gasteiger partial charge on any atom is 0.120 e. The number of terminal acetylenes is 1. The summed E-state index contributed by atoms with van der Waals surface area (Å²) in [6, 6.07) is 0. The summed E-state index contributed by atoms with van der Waals surface area (Å²) in [7, 11) is 0. The largest absolute Gasteiger partial charge is 0.380 e. The molecule has 62 valence electrons. The zero-order valence-electron chi connectivity index (χ0n) is 7.14. The van der Waals surface area contributed by atoms with Gasteiger partial charge in [-0.1, -0.05) is 25.7 Å². The van der Waals surface area contributed by atoms with Crippen LogP contribution in [0.4, 0.5) is 0 Å². The Morgan fingerprint density at radius 3 is 2.45 bits per heavy atom. The van der Waals surface area contributed by atoms with Crippen LogP contribution >= 0.6 is 0 Å². The van der Waals surface area contributed by atoms with Crippen molar-refractivity contribution in [2.75, 3.05) is 0 Å². The highest BCUT2D eigenvalue weighted by Gasteiger charge is 2.37. The Hall–Kier alpha value is -0.480. The Bertz CT molecular complexity index is 160. The lowest BCUT2D eigenvalue weighted by Gasteiger charge is -2.29. The zero-order valence-corrected chi connectivity index (χ0v) is 7.14. The molecule has 1 heteroatoms. The fourth-order valence-electron chi connectivity index (χ4n) is 2.08.